The van der Waals surface area contributed by atoms with Gasteiger partial charge >= 0.3 is 5.97 Å². The maximum Gasteiger partial charge on any atom is 0.359 e. The van der Waals surface area contributed by atoms with Crippen LogP contribution in [0.4, 0.5) is 0 Å². The predicted molar refractivity (Wildman–Crippen MR) is 63.7 cm³/mol. The van der Waals surface area contributed by atoms with Gasteiger partial charge in [0.25, 0.3) is 0 Å². The predicted octanol–water partition coefficient (Wildman–Crippen LogP) is 0.976. The number of hydrogen-bond acceptors (Lipinski definition) is 4. The molecule has 0 spiro atoms. The molecule has 94 valence electrons. The van der Waals surface area contributed by atoms with Gasteiger partial charge in [-0.1, -0.05) is 0 Å². The first kappa shape index (κ1) is 12.1. The number of aryl methyl sites for hydroxylation is 1. The van der Waals surface area contributed by atoms with Gasteiger partial charge in [-0.3, -0.25) is 4.68 Å². The van der Waals surface area contributed by atoms with Crippen molar-refractivity contribution in [3.63, 3.8) is 0 Å². The molecule has 0 bridgehead atoms. The Morgan fingerprint density at radius 2 is 2.35 bits per heavy atom. The number of carbonyl (C=O) groups is 1. The fraction of sp³-hybridized carbons (Fsp3) is 0.667. The number of ether oxygens (including phenoxy) is 1. The number of nitrogens with two attached hydrogens (primary N) is 1. The van der Waals surface area contributed by atoms with Crippen molar-refractivity contribution in [2.45, 2.75) is 38.1 Å². The van der Waals surface area contributed by atoms with Crippen LogP contribution in [0.3, 0.4) is 0 Å². The van der Waals surface area contributed by atoms with E-state index in [0.717, 1.165) is 18.4 Å². The minimum absolute atomic E-state index is 0.0277. The standard InChI is InChI=1S/C12H19N3O2/c1-4-17-11(16)10-9(7-15(3)14-10)12(5-6-12)8(2)13/h7-8H,4-6,13H2,1-3H3. The molecule has 1 aliphatic rings. The van der Waals surface area contributed by atoms with Crippen LogP contribution < -0.4 is 5.73 Å². The van der Waals surface area contributed by atoms with Crippen LogP contribution in [0.15, 0.2) is 6.20 Å². The second-order valence-electron chi connectivity index (χ2n) is 4.73. The average molecular weight is 237 g/mol. The number of hydrogen-bond donors (Lipinski definition) is 1. The Kier molecular flexibility index (Phi) is 2.95. The smallest absolute Gasteiger partial charge is 0.359 e. The first-order valence-corrected chi connectivity index (χ1v) is 5.98. The van der Waals surface area contributed by atoms with E-state index < -0.39 is 0 Å². The minimum atomic E-state index is -0.352. The number of carbonyl (C=O) groups excluding carboxylic acids is 1. The highest BCUT2D eigenvalue weighted by Crippen LogP contribution is 2.51. The second-order valence-corrected chi connectivity index (χ2v) is 4.73. The molecule has 2 N–H and O–H groups in total. The third kappa shape index (κ3) is 1.95. The molecule has 1 aliphatic carbocycles. The molecule has 0 saturated heterocycles. The van der Waals surface area contributed by atoms with Crippen LogP contribution in [0, 0.1) is 0 Å². The third-order valence-corrected chi connectivity index (χ3v) is 3.49. The topological polar surface area (TPSA) is 70.1 Å². The molecule has 0 amide bonds. The van der Waals surface area contributed by atoms with Crippen LogP contribution in [0.25, 0.3) is 0 Å². The summed E-state index contributed by atoms with van der Waals surface area (Å²) in [5.41, 5.74) is 7.31. The Labute approximate surface area is 101 Å². The molecular formula is C12H19N3O2. The summed E-state index contributed by atoms with van der Waals surface area (Å²) < 4.78 is 6.69. The zero-order chi connectivity index (χ0) is 12.6. The number of rotatable bonds is 4. The Balaban J connectivity index is 2.38. The van der Waals surface area contributed by atoms with Crippen molar-refractivity contribution >= 4 is 5.97 Å². The lowest BCUT2D eigenvalue weighted by Gasteiger charge is -2.18. The van der Waals surface area contributed by atoms with Crippen LogP contribution in [0.1, 0.15) is 42.7 Å². The zero-order valence-electron chi connectivity index (χ0n) is 10.6. The number of esters is 1. The van der Waals surface area contributed by atoms with E-state index in [9.17, 15) is 4.79 Å². The molecule has 0 aliphatic heterocycles. The summed E-state index contributed by atoms with van der Waals surface area (Å²) in [4.78, 5) is 11.8. The summed E-state index contributed by atoms with van der Waals surface area (Å²) in [5.74, 6) is -0.352. The van der Waals surface area contributed by atoms with E-state index in [4.69, 9.17) is 10.5 Å². The van der Waals surface area contributed by atoms with E-state index in [1.807, 2.05) is 20.2 Å². The summed E-state index contributed by atoms with van der Waals surface area (Å²) in [6.45, 7) is 4.13. The van der Waals surface area contributed by atoms with Gasteiger partial charge in [-0.05, 0) is 26.7 Å². The first-order valence-electron chi connectivity index (χ1n) is 5.98. The van der Waals surface area contributed by atoms with Gasteiger partial charge in [-0.25, -0.2) is 4.79 Å². The van der Waals surface area contributed by atoms with Gasteiger partial charge in [0.1, 0.15) is 0 Å². The van der Waals surface area contributed by atoms with Crippen LogP contribution in [0.5, 0.6) is 0 Å². The SMILES string of the molecule is CCOC(=O)c1nn(C)cc1C1(C(C)N)CC1. The molecule has 1 saturated carbocycles. The summed E-state index contributed by atoms with van der Waals surface area (Å²) in [6, 6.07) is 0.0277. The van der Waals surface area contributed by atoms with Crippen molar-refractivity contribution in [2.75, 3.05) is 6.61 Å². The molecule has 0 aromatic carbocycles. The van der Waals surface area contributed by atoms with Crippen molar-refractivity contribution in [3.05, 3.63) is 17.5 Å². The molecular weight excluding hydrogens is 218 g/mol. The monoisotopic (exact) mass is 237 g/mol. The lowest BCUT2D eigenvalue weighted by molar-refractivity contribution is 0.0516. The normalized spacial score (nSPS) is 18.8. The van der Waals surface area contributed by atoms with E-state index in [0.29, 0.717) is 12.3 Å². The third-order valence-electron chi connectivity index (χ3n) is 3.49. The Morgan fingerprint density at radius 1 is 1.71 bits per heavy atom. The van der Waals surface area contributed by atoms with Crippen molar-refractivity contribution in [1.29, 1.82) is 0 Å². The fourth-order valence-electron chi connectivity index (χ4n) is 2.31. The molecule has 1 atom stereocenters. The van der Waals surface area contributed by atoms with Gasteiger partial charge in [0.2, 0.25) is 0 Å². The summed E-state index contributed by atoms with van der Waals surface area (Å²) in [6.07, 6.45) is 3.92. The lowest BCUT2D eigenvalue weighted by atomic mass is 9.90. The van der Waals surface area contributed by atoms with E-state index in [1.165, 1.54) is 0 Å². The molecule has 1 heterocycles. The van der Waals surface area contributed by atoms with E-state index >= 15 is 0 Å². The maximum absolute atomic E-state index is 11.8. The molecule has 5 nitrogen and oxygen atoms in total. The molecule has 5 heteroatoms. The number of aromatic nitrogens is 2. The molecule has 2 rings (SSSR count). The zero-order valence-corrected chi connectivity index (χ0v) is 10.6. The molecule has 1 fully saturated rings. The van der Waals surface area contributed by atoms with E-state index in [1.54, 1.807) is 11.6 Å². The molecule has 0 radical (unpaired) electrons. The van der Waals surface area contributed by atoms with Crippen LogP contribution in [-0.4, -0.2) is 28.4 Å². The summed E-state index contributed by atoms with van der Waals surface area (Å²) in [7, 11) is 1.81. The Morgan fingerprint density at radius 3 is 2.82 bits per heavy atom. The van der Waals surface area contributed by atoms with Gasteiger partial charge in [0, 0.05) is 30.3 Å². The van der Waals surface area contributed by atoms with Crippen molar-refractivity contribution in [3.8, 4) is 0 Å². The average Bonchev–Trinajstić information content (AvgIpc) is 2.98. The van der Waals surface area contributed by atoms with Crippen LogP contribution in [0.2, 0.25) is 0 Å². The fourth-order valence-corrected chi connectivity index (χ4v) is 2.31. The highest BCUT2D eigenvalue weighted by molar-refractivity contribution is 5.89. The molecule has 1 aromatic heterocycles. The minimum Gasteiger partial charge on any atom is -0.461 e. The Hall–Kier alpha value is -1.36. The second kappa shape index (κ2) is 4.14. The Bertz CT molecular complexity index is 433. The van der Waals surface area contributed by atoms with E-state index in [-0.39, 0.29) is 17.4 Å². The van der Waals surface area contributed by atoms with Gasteiger partial charge in [-0.15, -0.1) is 0 Å². The van der Waals surface area contributed by atoms with Gasteiger partial charge in [0.15, 0.2) is 5.69 Å². The van der Waals surface area contributed by atoms with E-state index in [2.05, 4.69) is 5.10 Å². The quantitative estimate of drug-likeness (QED) is 0.792. The molecule has 1 unspecified atom stereocenters. The first-order chi connectivity index (χ1) is 8.01. The number of nitrogens with zero attached hydrogens (tertiary/aromatic N) is 2. The van der Waals surface area contributed by atoms with Crippen molar-refractivity contribution in [2.24, 2.45) is 12.8 Å². The largest absolute Gasteiger partial charge is 0.461 e. The van der Waals surface area contributed by atoms with Gasteiger partial charge in [0.05, 0.1) is 6.61 Å². The highest BCUT2D eigenvalue weighted by atomic mass is 16.5. The summed E-state index contributed by atoms with van der Waals surface area (Å²) >= 11 is 0. The van der Waals surface area contributed by atoms with Crippen molar-refractivity contribution in [1.82, 2.24) is 9.78 Å². The molecule has 17 heavy (non-hydrogen) atoms. The van der Waals surface area contributed by atoms with Crippen LogP contribution in [-0.2, 0) is 17.2 Å². The van der Waals surface area contributed by atoms with Crippen molar-refractivity contribution < 1.29 is 9.53 Å². The summed E-state index contributed by atoms with van der Waals surface area (Å²) in [5, 5.41) is 4.20. The van der Waals surface area contributed by atoms with Crippen LogP contribution >= 0.6 is 0 Å². The van der Waals surface area contributed by atoms with Gasteiger partial charge in [-0.2, -0.15) is 5.10 Å². The highest BCUT2D eigenvalue weighted by Gasteiger charge is 2.50. The van der Waals surface area contributed by atoms with Gasteiger partial charge < -0.3 is 10.5 Å². The maximum atomic E-state index is 11.8. The molecule has 1 aromatic rings. The lowest BCUT2D eigenvalue weighted by Crippen LogP contribution is -2.32.